The van der Waals surface area contributed by atoms with Crippen LogP contribution in [-0.2, 0) is 17.9 Å². The molecule has 1 heterocycles. The smallest absolute Gasteiger partial charge is 0.186 e. The highest BCUT2D eigenvalue weighted by molar-refractivity contribution is 8.14. The number of ketones is 1. The Morgan fingerprint density at radius 2 is 1.88 bits per heavy atom. The summed E-state index contributed by atoms with van der Waals surface area (Å²) in [5.74, 6) is 0.123. The summed E-state index contributed by atoms with van der Waals surface area (Å²) in [4.78, 5) is 29.4. The van der Waals surface area contributed by atoms with Crippen molar-refractivity contribution in [3.05, 3.63) is 65.5 Å². The van der Waals surface area contributed by atoms with Crippen LogP contribution in [0, 0.1) is 0 Å². The average Bonchev–Trinajstić information content (AvgIpc) is 2.61. The fraction of sp³-hybridized carbons (Fsp3) is 0.316. The van der Waals surface area contributed by atoms with E-state index in [0.29, 0.717) is 25.2 Å². The second kappa shape index (κ2) is 10.1. The molecule has 0 atom stereocenters. The first-order valence-corrected chi connectivity index (χ1v) is 9.05. The first kappa shape index (κ1) is 19.3. The molecule has 0 aliphatic heterocycles. The molecule has 25 heavy (non-hydrogen) atoms. The molecule has 2 aromatic rings. The zero-order valence-corrected chi connectivity index (χ0v) is 15.0. The van der Waals surface area contributed by atoms with Crippen LogP contribution < -0.4 is 0 Å². The van der Waals surface area contributed by atoms with Crippen molar-refractivity contribution in [3.8, 4) is 0 Å². The zero-order chi connectivity index (χ0) is 18.1. The number of hydrogen-bond donors (Lipinski definition) is 1. The molecule has 0 aliphatic rings. The lowest BCUT2D eigenvalue weighted by Crippen LogP contribution is -2.26. The molecule has 132 valence electrons. The van der Waals surface area contributed by atoms with Crippen LogP contribution in [0.25, 0.3) is 0 Å². The summed E-state index contributed by atoms with van der Waals surface area (Å²) in [6.45, 7) is 3.39. The van der Waals surface area contributed by atoms with Gasteiger partial charge in [-0.25, -0.2) is 0 Å². The summed E-state index contributed by atoms with van der Waals surface area (Å²) < 4.78 is 0. The number of Topliss-reactive ketones (excluding diaryl/α,β-unsaturated/α-hetero) is 1. The van der Waals surface area contributed by atoms with E-state index in [-0.39, 0.29) is 23.3 Å². The summed E-state index contributed by atoms with van der Waals surface area (Å²) in [6, 6.07) is 13.2. The molecule has 1 N–H and O–H groups in total. The molecular formula is C19H22N2O3S. The van der Waals surface area contributed by atoms with Gasteiger partial charge in [-0.2, -0.15) is 0 Å². The second-order valence-corrected chi connectivity index (χ2v) is 6.81. The minimum atomic E-state index is -0.0564. The van der Waals surface area contributed by atoms with E-state index in [2.05, 4.69) is 9.88 Å². The van der Waals surface area contributed by atoms with Crippen molar-refractivity contribution in [2.24, 2.45) is 0 Å². The lowest BCUT2D eigenvalue weighted by molar-refractivity contribution is -0.109. The topological polar surface area (TPSA) is 70.5 Å². The Morgan fingerprint density at radius 3 is 2.48 bits per heavy atom. The standard InChI is InChI=1S/C19H22N2O3S/c1-15(23)25-14-19(24)17-7-5-16(6-8-17)12-21(10-11-22)13-18-4-2-3-9-20-18/h2-9,22H,10-14H2,1H3. The summed E-state index contributed by atoms with van der Waals surface area (Å²) in [6.07, 6.45) is 1.76. The van der Waals surface area contributed by atoms with Crippen LogP contribution in [0.1, 0.15) is 28.5 Å². The molecule has 1 aromatic heterocycles. The number of aromatic nitrogens is 1. The van der Waals surface area contributed by atoms with Gasteiger partial charge in [0.1, 0.15) is 0 Å². The number of rotatable bonds is 9. The van der Waals surface area contributed by atoms with Crippen molar-refractivity contribution in [1.29, 1.82) is 0 Å². The van der Waals surface area contributed by atoms with Crippen molar-refractivity contribution in [2.75, 3.05) is 18.9 Å². The van der Waals surface area contributed by atoms with E-state index < -0.39 is 0 Å². The van der Waals surface area contributed by atoms with Crippen LogP contribution in [0.4, 0.5) is 0 Å². The third-order valence-corrected chi connectivity index (χ3v) is 4.43. The van der Waals surface area contributed by atoms with Gasteiger partial charge in [0, 0.05) is 38.3 Å². The molecule has 0 saturated carbocycles. The average molecular weight is 358 g/mol. The van der Waals surface area contributed by atoms with Crippen LogP contribution in [0.3, 0.4) is 0 Å². The second-order valence-electron chi connectivity index (χ2n) is 5.66. The van der Waals surface area contributed by atoms with Crippen molar-refractivity contribution in [1.82, 2.24) is 9.88 Å². The van der Waals surface area contributed by atoms with Gasteiger partial charge in [0.2, 0.25) is 0 Å². The fourth-order valence-electron chi connectivity index (χ4n) is 2.38. The van der Waals surface area contributed by atoms with Crippen molar-refractivity contribution < 1.29 is 14.7 Å². The van der Waals surface area contributed by atoms with E-state index in [1.807, 2.05) is 30.3 Å². The van der Waals surface area contributed by atoms with Crippen LogP contribution in [0.2, 0.25) is 0 Å². The largest absolute Gasteiger partial charge is 0.395 e. The van der Waals surface area contributed by atoms with Gasteiger partial charge in [0.15, 0.2) is 10.9 Å². The molecule has 0 unspecified atom stereocenters. The molecule has 0 bridgehead atoms. The molecule has 0 aliphatic carbocycles. The number of hydrogen-bond acceptors (Lipinski definition) is 6. The highest BCUT2D eigenvalue weighted by Crippen LogP contribution is 2.12. The molecule has 0 fully saturated rings. The monoisotopic (exact) mass is 358 g/mol. The Kier molecular flexibility index (Phi) is 7.78. The Morgan fingerprint density at radius 1 is 1.12 bits per heavy atom. The summed E-state index contributed by atoms with van der Waals surface area (Å²) >= 11 is 1.03. The molecule has 0 spiro atoms. The van der Waals surface area contributed by atoms with Gasteiger partial charge in [-0.1, -0.05) is 42.1 Å². The minimum absolute atomic E-state index is 0.0487. The molecule has 0 saturated heterocycles. The third kappa shape index (κ3) is 6.78. The Balaban J connectivity index is 1.97. The normalized spacial score (nSPS) is 10.8. The fourth-order valence-corrected chi connectivity index (χ4v) is 2.88. The van der Waals surface area contributed by atoms with Gasteiger partial charge in [-0.05, 0) is 17.7 Å². The minimum Gasteiger partial charge on any atom is -0.395 e. The molecule has 2 rings (SSSR count). The van der Waals surface area contributed by atoms with Crippen molar-refractivity contribution in [2.45, 2.75) is 20.0 Å². The number of aliphatic hydroxyl groups is 1. The molecule has 0 radical (unpaired) electrons. The van der Waals surface area contributed by atoms with Gasteiger partial charge >= 0.3 is 0 Å². The van der Waals surface area contributed by atoms with E-state index in [4.69, 9.17) is 0 Å². The number of thioether (sulfide) groups is 1. The van der Waals surface area contributed by atoms with Crippen LogP contribution >= 0.6 is 11.8 Å². The lowest BCUT2D eigenvalue weighted by atomic mass is 10.1. The van der Waals surface area contributed by atoms with Gasteiger partial charge in [0.05, 0.1) is 18.1 Å². The van der Waals surface area contributed by atoms with Crippen LogP contribution in [0.15, 0.2) is 48.7 Å². The van der Waals surface area contributed by atoms with Gasteiger partial charge < -0.3 is 5.11 Å². The first-order valence-electron chi connectivity index (χ1n) is 8.07. The Bertz CT molecular complexity index is 690. The van der Waals surface area contributed by atoms with Crippen LogP contribution in [-0.4, -0.2) is 44.8 Å². The highest BCUT2D eigenvalue weighted by atomic mass is 32.2. The van der Waals surface area contributed by atoms with Gasteiger partial charge in [-0.15, -0.1) is 0 Å². The quantitative estimate of drug-likeness (QED) is 0.695. The Labute approximate surface area is 152 Å². The van der Waals surface area contributed by atoms with Crippen molar-refractivity contribution >= 4 is 22.7 Å². The number of carbonyl (C=O) groups is 2. The number of nitrogens with zero attached hydrogens (tertiary/aromatic N) is 2. The number of aliphatic hydroxyl groups excluding tert-OH is 1. The van der Waals surface area contributed by atoms with E-state index in [0.717, 1.165) is 23.0 Å². The molecular weight excluding hydrogens is 336 g/mol. The maximum atomic E-state index is 12.0. The number of carbonyl (C=O) groups excluding carboxylic acids is 2. The Hall–Kier alpha value is -2.02. The molecule has 6 heteroatoms. The SMILES string of the molecule is CC(=O)SCC(=O)c1ccc(CN(CCO)Cc2ccccn2)cc1. The van der Waals surface area contributed by atoms with E-state index in [1.54, 1.807) is 18.3 Å². The molecule has 5 nitrogen and oxygen atoms in total. The first-order chi connectivity index (χ1) is 12.1. The maximum absolute atomic E-state index is 12.0. The summed E-state index contributed by atoms with van der Waals surface area (Å²) in [5, 5.41) is 9.22. The lowest BCUT2D eigenvalue weighted by Gasteiger charge is -2.21. The number of benzene rings is 1. The van der Waals surface area contributed by atoms with E-state index in [9.17, 15) is 14.7 Å². The summed E-state index contributed by atoms with van der Waals surface area (Å²) in [7, 11) is 0. The van der Waals surface area contributed by atoms with Crippen LogP contribution in [0.5, 0.6) is 0 Å². The third-order valence-electron chi connectivity index (χ3n) is 3.62. The maximum Gasteiger partial charge on any atom is 0.186 e. The van der Waals surface area contributed by atoms with E-state index >= 15 is 0 Å². The van der Waals surface area contributed by atoms with E-state index in [1.165, 1.54) is 6.92 Å². The summed E-state index contributed by atoms with van der Waals surface area (Å²) in [5.41, 5.74) is 2.61. The van der Waals surface area contributed by atoms with Gasteiger partial charge in [0.25, 0.3) is 0 Å². The predicted molar refractivity (Wildman–Crippen MR) is 99.3 cm³/mol. The number of pyridine rings is 1. The van der Waals surface area contributed by atoms with Gasteiger partial charge in [-0.3, -0.25) is 19.5 Å². The van der Waals surface area contributed by atoms with Crippen molar-refractivity contribution in [3.63, 3.8) is 0 Å². The zero-order valence-electron chi connectivity index (χ0n) is 14.2. The predicted octanol–water partition coefficient (Wildman–Crippen LogP) is 2.54. The molecule has 0 amide bonds. The molecule has 1 aromatic carbocycles. The highest BCUT2D eigenvalue weighted by Gasteiger charge is 2.10.